The molecule has 134 valence electrons. The lowest BCUT2D eigenvalue weighted by atomic mass is 9.88. The second kappa shape index (κ2) is 13.9. The third-order valence-electron chi connectivity index (χ3n) is 5.61. The van der Waals surface area contributed by atoms with Crippen molar-refractivity contribution in [1.29, 1.82) is 0 Å². The molecule has 0 aliphatic heterocycles. The third-order valence-corrected chi connectivity index (χ3v) is 5.61. The van der Waals surface area contributed by atoms with E-state index in [9.17, 15) is 0 Å². The zero-order valence-corrected chi connectivity index (χ0v) is 16.1. The zero-order chi connectivity index (χ0) is 16.8. The summed E-state index contributed by atoms with van der Waals surface area (Å²) in [4.78, 5) is 0. The molecular weight excluding hydrogens is 276 g/mol. The van der Waals surface area contributed by atoms with Gasteiger partial charge in [0.05, 0.1) is 0 Å². The molecule has 0 heterocycles. The smallest absolute Gasteiger partial charge is 0.0199 e. The maximum Gasteiger partial charge on any atom is -0.0199 e. The maximum absolute atomic E-state index is 3.60. The van der Waals surface area contributed by atoms with Gasteiger partial charge in [0.1, 0.15) is 0 Å². The highest BCUT2D eigenvalue weighted by molar-refractivity contribution is 5.09. The molecule has 23 heavy (non-hydrogen) atoms. The van der Waals surface area contributed by atoms with E-state index in [2.05, 4.69) is 32.6 Å². The van der Waals surface area contributed by atoms with E-state index in [4.69, 9.17) is 0 Å². The van der Waals surface area contributed by atoms with Gasteiger partial charge in [-0.25, -0.2) is 0 Å². The van der Waals surface area contributed by atoms with Crippen molar-refractivity contribution in [1.82, 2.24) is 0 Å². The molecule has 0 aromatic heterocycles. The molecule has 1 fully saturated rings. The average Bonchev–Trinajstić information content (AvgIpc) is 3.19. The Bertz CT molecular complexity index is 301. The molecule has 3 atom stereocenters. The summed E-state index contributed by atoms with van der Waals surface area (Å²) in [5, 5.41) is 0. The minimum atomic E-state index is 0.971. The molecular formula is C23H42. The molecule has 0 aromatic rings. The molecule has 0 spiro atoms. The van der Waals surface area contributed by atoms with Gasteiger partial charge in [0, 0.05) is 0 Å². The Labute approximate surface area is 146 Å². The molecule has 3 unspecified atom stereocenters. The predicted octanol–water partition coefficient (Wildman–Crippen LogP) is 8.09. The fraction of sp³-hybridized carbons (Fsp3) is 0.826. The number of rotatable bonds is 12. The summed E-state index contributed by atoms with van der Waals surface area (Å²) in [7, 11) is 0. The van der Waals surface area contributed by atoms with Crippen LogP contribution in [-0.2, 0) is 0 Å². The predicted molar refractivity (Wildman–Crippen MR) is 106 cm³/mol. The van der Waals surface area contributed by atoms with Crippen LogP contribution in [-0.4, -0.2) is 0 Å². The van der Waals surface area contributed by atoms with Gasteiger partial charge in [-0.2, -0.15) is 0 Å². The van der Waals surface area contributed by atoms with Crippen molar-refractivity contribution in [3.63, 3.8) is 0 Å². The molecule has 0 amide bonds. The second-order valence-electron chi connectivity index (χ2n) is 7.73. The molecule has 0 nitrogen and oxygen atoms in total. The lowest BCUT2D eigenvalue weighted by Crippen LogP contribution is -2.06. The van der Waals surface area contributed by atoms with Gasteiger partial charge in [0.15, 0.2) is 0 Å². The van der Waals surface area contributed by atoms with Crippen LogP contribution in [0.3, 0.4) is 0 Å². The molecule has 2 aliphatic rings. The normalized spacial score (nSPS) is 24.5. The van der Waals surface area contributed by atoms with E-state index in [0.29, 0.717) is 0 Å². The molecule has 1 saturated carbocycles. The van der Waals surface area contributed by atoms with Crippen LogP contribution in [0.4, 0.5) is 0 Å². The number of hydrogen-bond acceptors (Lipinski definition) is 0. The molecule has 2 bridgehead atoms. The van der Waals surface area contributed by atoms with Gasteiger partial charge in [-0.3, -0.25) is 0 Å². The van der Waals surface area contributed by atoms with E-state index in [1.165, 1.54) is 89.9 Å². The summed E-state index contributed by atoms with van der Waals surface area (Å²) in [6.45, 7) is 8.08. The van der Waals surface area contributed by atoms with Crippen LogP contribution >= 0.6 is 0 Å². The van der Waals surface area contributed by atoms with Gasteiger partial charge in [-0.05, 0) is 43.4 Å². The van der Waals surface area contributed by atoms with Crippen molar-refractivity contribution in [3.8, 4) is 0 Å². The van der Waals surface area contributed by atoms with Crippen LogP contribution in [0.2, 0.25) is 0 Å². The minimum Gasteiger partial charge on any atom is -0.103 e. The summed E-state index contributed by atoms with van der Waals surface area (Å²) in [6, 6.07) is 0. The van der Waals surface area contributed by atoms with Crippen molar-refractivity contribution in [2.75, 3.05) is 0 Å². The third kappa shape index (κ3) is 9.38. The molecule has 0 N–H and O–H groups in total. The van der Waals surface area contributed by atoms with Gasteiger partial charge in [0.2, 0.25) is 0 Å². The first-order chi connectivity index (χ1) is 11.3. The lowest BCUT2D eigenvalue weighted by Gasteiger charge is -2.17. The highest BCUT2D eigenvalue weighted by Gasteiger charge is 2.34. The van der Waals surface area contributed by atoms with E-state index in [0.717, 1.165) is 17.8 Å². The van der Waals surface area contributed by atoms with Crippen molar-refractivity contribution in [2.24, 2.45) is 17.8 Å². The zero-order valence-electron chi connectivity index (χ0n) is 16.1. The van der Waals surface area contributed by atoms with Crippen LogP contribution in [0.15, 0.2) is 24.8 Å². The average molecular weight is 319 g/mol. The summed E-state index contributed by atoms with van der Waals surface area (Å²) in [6.07, 6.45) is 26.9. The van der Waals surface area contributed by atoms with E-state index in [1.54, 1.807) is 0 Å². The van der Waals surface area contributed by atoms with E-state index >= 15 is 0 Å². The Kier molecular flexibility index (Phi) is 12.4. The number of hydrogen-bond donors (Lipinski definition) is 0. The Morgan fingerprint density at radius 2 is 1.48 bits per heavy atom. The fourth-order valence-electron chi connectivity index (χ4n) is 4.12. The fourth-order valence-corrected chi connectivity index (χ4v) is 4.12. The van der Waals surface area contributed by atoms with Gasteiger partial charge >= 0.3 is 0 Å². The summed E-state index contributed by atoms with van der Waals surface area (Å²) in [5.41, 5.74) is 0. The Balaban J connectivity index is 0.000000379. The van der Waals surface area contributed by atoms with Gasteiger partial charge in [0.25, 0.3) is 0 Å². The molecule has 2 aliphatic carbocycles. The van der Waals surface area contributed by atoms with Crippen LogP contribution in [0.1, 0.15) is 104 Å². The summed E-state index contributed by atoms with van der Waals surface area (Å²) >= 11 is 0. The molecule has 0 saturated heterocycles. The van der Waals surface area contributed by atoms with Crippen molar-refractivity contribution < 1.29 is 0 Å². The number of allylic oxidation sites excluding steroid dienone is 3. The second-order valence-corrected chi connectivity index (χ2v) is 7.73. The highest BCUT2D eigenvalue weighted by Crippen LogP contribution is 2.45. The van der Waals surface area contributed by atoms with Crippen LogP contribution in [0.5, 0.6) is 0 Å². The highest BCUT2D eigenvalue weighted by atomic mass is 14.4. The summed E-state index contributed by atoms with van der Waals surface area (Å²) < 4.78 is 0. The largest absolute Gasteiger partial charge is 0.103 e. The Morgan fingerprint density at radius 1 is 0.826 bits per heavy atom. The van der Waals surface area contributed by atoms with Crippen LogP contribution < -0.4 is 0 Å². The van der Waals surface area contributed by atoms with Crippen LogP contribution in [0.25, 0.3) is 0 Å². The number of unbranched alkanes of at least 4 members (excludes halogenated alkanes) is 9. The van der Waals surface area contributed by atoms with E-state index in [1.807, 2.05) is 6.08 Å². The molecule has 0 aromatic carbocycles. The SMILES string of the molecule is C=CCCCC.CCCCCCCCCCC1CC2C=CC1C2. The standard InChI is InChI=1S/C17H30.C6H12/c1-2-3-4-5-6-7-8-9-10-16-13-15-11-12-17(16)14-15;1-3-5-6-4-2/h11-12,15-17H,2-10,13-14H2,1H3;3H,1,4-6H2,2H3. The van der Waals surface area contributed by atoms with Crippen molar-refractivity contribution >= 4 is 0 Å². The van der Waals surface area contributed by atoms with E-state index < -0.39 is 0 Å². The quantitative estimate of drug-likeness (QED) is 0.252. The first-order valence-electron chi connectivity index (χ1n) is 10.6. The maximum atomic E-state index is 3.60. The Hall–Kier alpha value is -0.520. The first-order valence-corrected chi connectivity index (χ1v) is 10.6. The Morgan fingerprint density at radius 3 is 1.96 bits per heavy atom. The minimum absolute atomic E-state index is 0.971. The van der Waals surface area contributed by atoms with Gasteiger partial charge < -0.3 is 0 Å². The lowest BCUT2D eigenvalue weighted by molar-refractivity contribution is 0.393. The molecule has 0 radical (unpaired) electrons. The molecule has 0 heteroatoms. The topological polar surface area (TPSA) is 0 Å². The van der Waals surface area contributed by atoms with Crippen molar-refractivity contribution in [2.45, 2.75) is 104 Å². The van der Waals surface area contributed by atoms with Gasteiger partial charge in [-0.1, -0.05) is 96.3 Å². The van der Waals surface area contributed by atoms with Gasteiger partial charge in [-0.15, -0.1) is 6.58 Å². The van der Waals surface area contributed by atoms with Crippen molar-refractivity contribution in [3.05, 3.63) is 24.8 Å². The monoisotopic (exact) mass is 318 g/mol. The molecule has 2 rings (SSSR count). The summed E-state index contributed by atoms with van der Waals surface area (Å²) in [5.74, 6) is 3.01. The van der Waals surface area contributed by atoms with Crippen LogP contribution in [0, 0.1) is 17.8 Å². The first kappa shape index (κ1) is 20.5. The van der Waals surface area contributed by atoms with E-state index in [-0.39, 0.29) is 0 Å². The number of fused-ring (bicyclic) bond motifs is 2.